The molecule has 0 aliphatic heterocycles. The van der Waals surface area contributed by atoms with Gasteiger partial charge in [0.15, 0.2) is 0 Å². The molecule has 1 N–H and O–H groups in total. The molecule has 1 amide bonds. The van der Waals surface area contributed by atoms with Gasteiger partial charge in [-0.1, -0.05) is 30.3 Å². The number of fused-ring (bicyclic) bond motifs is 1. The molecule has 0 radical (unpaired) electrons. The highest BCUT2D eigenvalue weighted by molar-refractivity contribution is 5.89. The van der Waals surface area contributed by atoms with Gasteiger partial charge in [0, 0.05) is 34.8 Å². The fourth-order valence-corrected chi connectivity index (χ4v) is 3.35. The van der Waals surface area contributed by atoms with Crippen LogP contribution >= 0.6 is 0 Å². The molecule has 0 spiro atoms. The molecule has 0 bridgehead atoms. The van der Waals surface area contributed by atoms with Crippen molar-refractivity contribution in [2.75, 3.05) is 5.32 Å². The van der Waals surface area contributed by atoms with Crippen molar-refractivity contribution in [3.63, 3.8) is 0 Å². The van der Waals surface area contributed by atoms with Gasteiger partial charge >= 0.3 is 6.09 Å². The van der Waals surface area contributed by atoms with Crippen LogP contribution < -0.4 is 10.1 Å². The average molecular weight is 419 g/mol. The maximum Gasteiger partial charge on any atom is 0.418 e. The number of ether oxygens (including phenoxy) is 1. The molecule has 1 aromatic heterocycles. The maximum atomic E-state index is 14.2. The minimum atomic E-state index is -0.724. The third-order valence-electron chi connectivity index (χ3n) is 4.81. The fraction of sp³-hybridized carbons (Fsp3) is 0.0870. The largest absolute Gasteiger partial charge is 0.418 e. The second-order valence-corrected chi connectivity index (χ2v) is 7.04. The molecule has 0 unspecified atom stereocenters. The number of hydrogen-bond acceptors (Lipinski definition) is 4. The monoisotopic (exact) mass is 419 g/mol. The number of halogens is 1. The molecule has 0 aliphatic carbocycles. The van der Waals surface area contributed by atoms with E-state index < -0.39 is 16.8 Å². The summed E-state index contributed by atoms with van der Waals surface area (Å²) in [5.74, 6) is -0.259. The Morgan fingerprint density at radius 3 is 2.65 bits per heavy atom. The smallest absolute Gasteiger partial charge is 0.393 e. The van der Waals surface area contributed by atoms with E-state index in [4.69, 9.17) is 4.74 Å². The zero-order valence-corrected chi connectivity index (χ0v) is 16.5. The first-order chi connectivity index (χ1) is 14.9. The van der Waals surface area contributed by atoms with E-state index in [1.54, 1.807) is 47.0 Å². The molecule has 31 heavy (non-hydrogen) atoms. The van der Waals surface area contributed by atoms with Gasteiger partial charge in [0.25, 0.3) is 5.69 Å². The lowest BCUT2D eigenvalue weighted by Gasteiger charge is -2.12. The Morgan fingerprint density at radius 1 is 1.10 bits per heavy atom. The molecule has 0 saturated heterocycles. The first kappa shape index (κ1) is 20.1. The van der Waals surface area contributed by atoms with Crippen molar-refractivity contribution in [1.82, 2.24) is 4.57 Å². The number of nitro benzene ring substituents is 1. The molecule has 4 rings (SSSR count). The lowest BCUT2D eigenvalue weighted by molar-refractivity contribution is -0.384. The van der Waals surface area contributed by atoms with E-state index in [0.717, 1.165) is 5.56 Å². The second kappa shape index (κ2) is 8.27. The second-order valence-electron chi connectivity index (χ2n) is 7.04. The Hall–Kier alpha value is -4.20. The summed E-state index contributed by atoms with van der Waals surface area (Å²) in [5, 5.41) is 14.3. The van der Waals surface area contributed by atoms with Gasteiger partial charge in [0.05, 0.1) is 17.0 Å². The molecule has 1 heterocycles. The molecule has 4 aromatic rings. The van der Waals surface area contributed by atoms with Crippen LogP contribution in [-0.2, 0) is 6.54 Å². The third kappa shape index (κ3) is 4.37. The number of rotatable bonds is 5. The highest BCUT2D eigenvalue weighted by Crippen LogP contribution is 2.30. The van der Waals surface area contributed by atoms with Gasteiger partial charge in [-0.2, -0.15) is 0 Å². The summed E-state index contributed by atoms with van der Waals surface area (Å²) in [6.07, 6.45) is -0.724. The summed E-state index contributed by atoms with van der Waals surface area (Å²) in [7, 11) is 0. The molecule has 0 saturated carbocycles. The number of carbonyl (C=O) groups excluding carboxylic acids is 1. The number of anilines is 1. The number of nitrogens with zero attached hydrogens (tertiary/aromatic N) is 2. The van der Waals surface area contributed by atoms with Crippen LogP contribution in [-0.4, -0.2) is 15.6 Å². The Balaban J connectivity index is 1.70. The Labute approximate surface area is 176 Å². The van der Waals surface area contributed by atoms with Crippen molar-refractivity contribution in [3.8, 4) is 5.88 Å². The van der Waals surface area contributed by atoms with Crippen LogP contribution in [0.4, 0.5) is 20.6 Å². The Morgan fingerprint density at radius 2 is 1.90 bits per heavy atom. The minimum Gasteiger partial charge on any atom is -0.393 e. The van der Waals surface area contributed by atoms with Crippen molar-refractivity contribution < 1.29 is 18.8 Å². The van der Waals surface area contributed by atoms with Gasteiger partial charge in [-0.15, -0.1) is 0 Å². The third-order valence-corrected chi connectivity index (χ3v) is 4.81. The van der Waals surface area contributed by atoms with E-state index in [0.29, 0.717) is 22.2 Å². The maximum absolute atomic E-state index is 14.2. The molecular formula is C23H18FN3O4. The molecular weight excluding hydrogens is 401 g/mol. The highest BCUT2D eigenvalue weighted by Gasteiger charge is 2.18. The predicted octanol–water partition coefficient (Wildman–Crippen LogP) is 5.66. The Kier molecular flexibility index (Phi) is 5.36. The number of amides is 1. The standard InChI is InChI=1S/C23H18FN3O4/c1-15-5-4-7-18(11-15)25-23(28)31-22-13-17-12-19(27(29)30)9-10-21(17)26(22)14-16-6-2-3-8-20(16)24/h2-13H,14H2,1H3,(H,25,28). The van der Waals surface area contributed by atoms with Gasteiger partial charge in [0.1, 0.15) is 5.82 Å². The van der Waals surface area contributed by atoms with Gasteiger partial charge in [-0.3, -0.25) is 15.4 Å². The molecule has 3 aromatic carbocycles. The summed E-state index contributed by atoms with van der Waals surface area (Å²) >= 11 is 0. The van der Waals surface area contributed by atoms with E-state index in [1.807, 2.05) is 13.0 Å². The summed E-state index contributed by atoms with van der Waals surface area (Å²) in [4.78, 5) is 23.1. The van der Waals surface area contributed by atoms with Crippen molar-refractivity contribution in [1.29, 1.82) is 0 Å². The number of benzene rings is 3. The van der Waals surface area contributed by atoms with Gasteiger partial charge in [-0.05, 0) is 36.8 Å². The molecule has 8 heteroatoms. The number of nitro groups is 1. The zero-order valence-electron chi connectivity index (χ0n) is 16.5. The Bertz CT molecular complexity index is 1300. The normalized spacial score (nSPS) is 10.8. The van der Waals surface area contributed by atoms with E-state index in [9.17, 15) is 19.3 Å². The van der Waals surface area contributed by atoms with Crippen LogP contribution in [0.1, 0.15) is 11.1 Å². The molecule has 156 valence electrons. The average Bonchev–Trinajstić information content (AvgIpc) is 3.05. The van der Waals surface area contributed by atoms with Gasteiger partial charge in [-0.25, -0.2) is 9.18 Å². The quantitative estimate of drug-likeness (QED) is 0.334. The lowest BCUT2D eigenvalue weighted by atomic mass is 10.2. The summed E-state index contributed by atoms with van der Waals surface area (Å²) in [5.41, 5.74) is 2.41. The molecule has 0 atom stereocenters. The van der Waals surface area contributed by atoms with Crippen LogP contribution in [0.15, 0.2) is 72.8 Å². The van der Waals surface area contributed by atoms with Crippen molar-refractivity contribution in [3.05, 3.63) is 99.9 Å². The first-order valence-electron chi connectivity index (χ1n) is 9.47. The van der Waals surface area contributed by atoms with E-state index >= 15 is 0 Å². The van der Waals surface area contributed by atoms with E-state index in [-0.39, 0.29) is 18.1 Å². The van der Waals surface area contributed by atoms with Gasteiger partial charge in [0.2, 0.25) is 5.88 Å². The summed E-state index contributed by atoms with van der Waals surface area (Å²) in [6, 6.07) is 19.3. The highest BCUT2D eigenvalue weighted by atomic mass is 19.1. The SMILES string of the molecule is Cc1cccc(NC(=O)Oc2cc3cc([N+](=O)[O-])ccc3n2Cc2ccccc2F)c1. The van der Waals surface area contributed by atoms with Crippen LogP contribution in [0.2, 0.25) is 0 Å². The number of hydrogen-bond donors (Lipinski definition) is 1. The van der Waals surface area contributed by atoms with E-state index in [2.05, 4.69) is 5.32 Å². The van der Waals surface area contributed by atoms with Gasteiger partial charge < -0.3 is 9.30 Å². The number of nitrogens with one attached hydrogen (secondary N) is 1. The number of non-ortho nitro benzene ring substituents is 1. The van der Waals surface area contributed by atoms with Crippen molar-refractivity contribution >= 4 is 28.4 Å². The van der Waals surface area contributed by atoms with Crippen LogP contribution in [0.5, 0.6) is 5.88 Å². The van der Waals surface area contributed by atoms with Crippen LogP contribution in [0.3, 0.4) is 0 Å². The first-order valence-corrected chi connectivity index (χ1v) is 9.47. The van der Waals surface area contributed by atoms with E-state index in [1.165, 1.54) is 24.3 Å². The fourth-order valence-electron chi connectivity index (χ4n) is 3.35. The number of aryl methyl sites for hydroxylation is 1. The van der Waals surface area contributed by atoms with Crippen LogP contribution in [0.25, 0.3) is 10.9 Å². The predicted molar refractivity (Wildman–Crippen MR) is 115 cm³/mol. The van der Waals surface area contributed by atoms with Crippen molar-refractivity contribution in [2.45, 2.75) is 13.5 Å². The van der Waals surface area contributed by atoms with Crippen LogP contribution in [0, 0.1) is 22.9 Å². The minimum absolute atomic E-state index is 0.0844. The zero-order chi connectivity index (χ0) is 22.0. The summed E-state index contributed by atoms with van der Waals surface area (Å²) in [6.45, 7) is 1.98. The molecule has 7 nitrogen and oxygen atoms in total. The summed E-state index contributed by atoms with van der Waals surface area (Å²) < 4.78 is 21.4. The number of aromatic nitrogens is 1. The molecule has 0 fully saturated rings. The topological polar surface area (TPSA) is 86.4 Å². The molecule has 0 aliphatic rings. The number of carbonyl (C=O) groups is 1. The lowest BCUT2D eigenvalue weighted by Crippen LogP contribution is -2.18. The van der Waals surface area contributed by atoms with Crippen molar-refractivity contribution in [2.24, 2.45) is 0 Å².